The molecule has 5 nitrogen and oxygen atoms in total. The number of benzene rings is 2. The predicted octanol–water partition coefficient (Wildman–Crippen LogP) is 4.50. The highest BCUT2D eigenvalue weighted by Gasteiger charge is 2.05. The Hall–Kier alpha value is -2.66. The molecule has 0 spiro atoms. The quantitative estimate of drug-likeness (QED) is 0.716. The number of hydrogen-bond acceptors (Lipinski definition) is 5. The van der Waals surface area contributed by atoms with Crippen molar-refractivity contribution < 1.29 is 0 Å². The standard InChI is InChI=1S/C18H18ClN5/c1-12-7-8-13(2)16(9-12)22-17-11-21-24-18(23-17)20-10-14-5-3-4-6-15(14)19/h3-9,11H,10H2,1-2H3,(H2,20,22,23,24). The highest BCUT2D eigenvalue weighted by Crippen LogP contribution is 2.21. The topological polar surface area (TPSA) is 62.7 Å². The van der Waals surface area contributed by atoms with Crippen LogP contribution < -0.4 is 10.6 Å². The number of aryl methyl sites for hydroxylation is 2. The van der Waals surface area contributed by atoms with E-state index in [1.54, 1.807) is 6.20 Å². The second-order valence-corrected chi connectivity index (χ2v) is 5.96. The van der Waals surface area contributed by atoms with Crippen molar-refractivity contribution in [1.29, 1.82) is 0 Å². The average Bonchev–Trinajstić information content (AvgIpc) is 2.58. The Morgan fingerprint density at radius 3 is 2.75 bits per heavy atom. The van der Waals surface area contributed by atoms with Crippen molar-refractivity contribution in [3.63, 3.8) is 0 Å². The Morgan fingerprint density at radius 1 is 1.08 bits per heavy atom. The third kappa shape index (κ3) is 4.00. The van der Waals surface area contributed by atoms with Crippen molar-refractivity contribution >= 4 is 29.1 Å². The molecule has 0 saturated carbocycles. The summed E-state index contributed by atoms with van der Waals surface area (Å²) in [4.78, 5) is 4.44. The van der Waals surface area contributed by atoms with Crippen LogP contribution in [0, 0.1) is 13.8 Å². The monoisotopic (exact) mass is 339 g/mol. The van der Waals surface area contributed by atoms with Gasteiger partial charge in [0.05, 0.1) is 6.20 Å². The van der Waals surface area contributed by atoms with Crippen LogP contribution in [0.1, 0.15) is 16.7 Å². The minimum atomic E-state index is 0.449. The van der Waals surface area contributed by atoms with Gasteiger partial charge in [0.1, 0.15) is 0 Å². The second kappa shape index (κ2) is 7.27. The molecule has 0 unspecified atom stereocenters. The summed E-state index contributed by atoms with van der Waals surface area (Å²) in [6.07, 6.45) is 1.60. The first-order chi connectivity index (χ1) is 11.6. The molecule has 2 aromatic carbocycles. The molecule has 3 rings (SSSR count). The fourth-order valence-electron chi connectivity index (χ4n) is 2.26. The Balaban J connectivity index is 1.72. The molecule has 0 atom stereocenters. The Morgan fingerprint density at radius 2 is 1.92 bits per heavy atom. The highest BCUT2D eigenvalue weighted by atomic mass is 35.5. The van der Waals surface area contributed by atoms with E-state index < -0.39 is 0 Å². The van der Waals surface area contributed by atoms with Crippen LogP contribution in [0.4, 0.5) is 17.5 Å². The maximum Gasteiger partial charge on any atom is 0.244 e. The number of halogens is 1. The minimum absolute atomic E-state index is 0.449. The summed E-state index contributed by atoms with van der Waals surface area (Å²) in [5, 5.41) is 15.1. The van der Waals surface area contributed by atoms with Crippen LogP contribution in [-0.4, -0.2) is 15.2 Å². The van der Waals surface area contributed by atoms with Crippen molar-refractivity contribution in [2.75, 3.05) is 10.6 Å². The third-order valence-electron chi connectivity index (χ3n) is 3.61. The number of rotatable bonds is 5. The molecule has 0 aliphatic carbocycles. The molecule has 0 fully saturated rings. The molecule has 0 radical (unpaired) electrons. The van der Waals surface area contributed by atoms with E-state index in [4.69, 9.17) is 11.6 Å². The summed E-state index contributed by atoms with van der Waals surface area (Å²) >= 11 is 6.15. The number of nitrogens with one attached hydrogen (secondary N) is 2. The number of anilines is 3. The molecule has 0 bridgehead atoms. The fraction of sp³-hybridized carbons (Fsp3) is 0.167. The summed E-state index contributed by atoms with van der Waals surface area (Å²) in [5.74, 6) is 1.09. The van der Waals surface area contributed by atoms with Gasteiger partial charge in [-0.05, 0) is 42.7 Å². The molecule has 3 aromatic rings. The van der Waals surface area contributed by atoms with E-state index in [0.717, 1.165) is 16.8 Å². The van der Waals surface area contributed by atoms with Crippen molar-refractivity contribution in [3.05, 3.63) is 70.4 Å². The Bertz CT molecular complexity index is 850. The van der Waals surface area contributed by atoms with E-state index in [2.05, 4.69) is 50.9 Å². The van der Waals surface area contributed by atoms with Gasteiger partial charge in [-0.2, -0.15) is 10.1 Å². The predicted molar refractivity (Wildman–Crippen MR) is 97.8 cm³/mol. The summed E-state index contributed by atoms with van der Waals surface area (Å²) in [7, 11) is 0. The fourth-order valence-corrected chi connectivity index (χ4v) is 2.47. The van der Waals surface area contributed by atoms with Crippen LogP contribution in [0.25, 0.3) is 0 Å². The molecule has 1 aromatic heterocycles. The minimum Gasteiger partial charge on any atom is -0.349 e. The van der Waals surface area contributed by atoms with Gasteiger partial charge in [-0.15, -0.1) is 5.10 Å². The molecular formula is C18H18ClN5. The summed E-state index contributed by atoms with van der Waals surface area (Å²) in [5.41, 5.74) is 4.31. The van der Waals surface area contributed by atoms with Crippen LogP contribution in [0.15, 0.2) is 48.7 Å². The van der Waals surface area contributed by atoms with E-state index in [-0.39, 0.29) is 0 Å². The van der Waals surface area contributed by atoms with E-state index in [1.807, 2.05) is 31.2 Å². The van der Waals surface area contributed by atoms with Gasteiger partial charge in [0.2, 0.25) is 5.95 Å². The smallest absolute Gasteiger partial charge is 0.244 e. The number of hydrogen-bond donors (Lipinski definition) is 2. The van der Waals surface area contributed by atoms with Crippen molar-refractivity contribution in [2.24, 2.45) is 0 Å². The van der Waals surface area contributed by atoms with Crippen LogP contribution >= 0.6 is 11.6 Å². The van der Waals surface area contributed by atoms with E-state index in [1.165, 1.54) is 5.56 Å². The molecule has 0 aliphatic rings. The lowest BCUT2D eigenvalue weighted by molar-refractivity contribution is 0.948. The first-order valence-electron chi connectivity index (χ1n) is 7.63. The van der Waals surface area contributed by atoms with Crippen molar-refractivity contribution in [3.8, 4) is 0 Å². The molecule has 0 saturated heterocycles. The normalized spacial score (nSPS) is 10.5. The summed E-state index contributed by atoms with van der Waals surface area (Å²) in [6, 6.07) is 13.9. The van der Waals surface area contributed by atoms with Gasteiger partial charge < -0.3 is 10.6 Å². The van der Waals surface area contributed by atoms with Gasteiger partial charge in [0.15, 0.2) is 5.82 Å². The molecule has 24 heavy (non-hydrogen) atoms. The van der Waals surface area contributed by atoms with Gasteiger partial charge in [-0.1, -0.05) is 41.9 Å². The lowest BCUT2D eigenvalue weighted by Crippen LogP contribution is -2.07. The lowest BCUT2D eigenvalue weighted by Gasteiger charge is -2.11. The molecular weight excluding hydrogens is 322 g/mol. The molecule has 122 valence electrons. The van der Waals surface area contributed by atoms with Gasteiger partial charge in [0, 0.05) is 17.3 Å². The zero-order valence-electron chi connectivity index (χ0n) is 13.5. The first-order valence-corrected chi connectivity index (χ1v) is 8.01. The van der Waals surface area contributed by atoms with Crippen LogP contribution in [-0.2, 0) is 6.54 Å². The summed E-state index contributed by atoms with van der Waals surface area (Å²) < 4.78 is 0. The largest absolute Gasteiger partial charge is 0.349 e. The maximum atomic E-state index is 6.15. The highest BCUT2D eigenvalue weighted by molar-refractivity contribution is 6.31. The molecule has 6 heteroatoms. The van der Waals surface area contributed by atoms with E-state index in [0.29, 0.717) is 23.3 Å². The zero-order chi connectivity index (χ0) is 16.9. The maximum absolute atomic E-state index is 6.15. The van der Waals surface area contributed by atoms with Gasteiger partial charge in [-0.3, -0.25) is 0 Å². The average molecular weight is 340 g/mol. The molecule has 0 aliphatic heterocycles. The Labute approximate surface area is 146 Å². The van der Waals surface area contributed by atoms with E-state index >= 15 is 0 Å². The van der Waals surface area contributed by atoms with Crippen molar-refractivity contribution in [1.82, 2.24) is 15.2 Å². The van der Waals surface area contributed by atoms with Gasteiger partial charge in [0.25, 0.3) is 0 Å². The lowest BCUT2D eigenvalue weighted by atomic mass is 10.1. The van der Waals surface area contributed by atoms with Crippen LogP contribution in [0.3, 0.4) is 0 Å². The molecule has 0 amide bonds. The van der Waals surface area contributed by atoms with E-state index in [9.17, 15) is 0 Å². The Kier molecular flexibility index (Phi) is 4.91. The number of nitrogens with zero attached hydrogens (tertiary/aromatic N) is 3. The van der Waals surface area contributed by atoms with Crippen LogP contribution in [0.2, 0.25) is 5.02 Å². The first kappa shape index (κ1) is 16.2. The van der Waals surface area contributed by atoms with Crippen molar-refractivity contribution in [2.45, 2.75) is 20.4 Å². The SMILES string of the molecule is Cc1ccc(C)c(Nc2cnnc(NCc3ccccc3Cl)n2)c1. The van der Waals surface area contributed by atoms with Crippen LogP contribution in [0.5, 0.6) is 0 Å². The molecule has 1 heterocycles. The van der Waals surface area contributed by atoms with Gasteiger partial charge in [-0.25, -0.2) is 0 Å². The number of aromatic nitrogens is 3. The molecule has 2 N–H and O–H groups in total. The third-order valence-corrected chi connectivity index (χ3v) is 3.98. The summed E-state index contributed by atoms with van der Waals surface area (Å²) in [6.45, 7) is 4.64. The second-order valence-electron chi connectivity index (χ2n) is 5.55. The van der Waals surface area contributed by atoms with Gasteiger partial charge >= 0.3 is 0 Å². The zero-order valence-corrected chi connectivity index (χ0v) is 14.3.